The van der Waals surface area contributed by atoms with Gasteiger partial charge in [0.05, 0.1) is 0 Å². The molecule has 3 nitrogen and oxygen atoms in total. The van der Waals surface area contributed by atoms with Crippen LogP contribution in [0, 0.1) is 5.82 Å². The zero-order chi connectivity index (χ0) is 11.0. The Morgan fingerprint density at radius 2 is 2.00 bits per heavy atom. The fourth-order valence-electron chi connectivity index (χ4n) is 0.701. The van der Waals surface area contributed by atoms with Crippen LogP contribution in [-0.4, -0.2) is 17.7 Å². The Balaban J connectivity index is 0.000000791. The van der Waals surface area contributed by atoms with Crippen molar-refractivity contribution >= 4 is 5.97 Å². The number of carbonyl (C=O) groups is 1. The van der Waals surface area contributed by atoms with Crippen molar-refractivity contribution in [3.8, 4) is 5.75 Å². The van der Waals surface area contributed by atoms with E-state index in [4.69, 9.17) is 5.11 Å². The van der Waals surface area contributed by atoms with E-state index >= 15 is 0 Å². The lowest BCUT2D eigenvalue weighted by atomic mass is 10.3. The molecule has 0 saturated carbocycles. The minimum absolute atomic E-state index is 0.0418. The van der Waals surface area contributed by atoms with Crippen LogP contribution >= 0.6 is 0 Å². The largest absolute Gasteiger partial charge is 0.479 e. The lowest BCUT2D eigenvalue weighted by Gasteiger charge is -2.02. The Morgan fingerprint density at radius 3 is 2.50 bits per heavy atom. The Hall–Kier alpha value is -1.58. The van der Waals surface area contributed by atoms with Gasteiger partial charge < -0.3 is 9.84 Å². The molecule has 0 aliphatic carbocycles. The van der Waals surface area contributed by atoms with Crippen LogP contribution in [0.5, 0.6) is 5.75 Å². The molecular formula is C10H13FO3. The van der Waals surface area contributed by atoms with Crippen LogP contribution in [0.2, 0.25) is 0 Å². The summed E-state index contributed by atoms with van der Waals surface area (Å²) in [6.07, 6.45) is 0. The quantitative estimate of drug-likeness (QED) is 0.814. The van der Waals surface area contributed by atoms with Crippen molar-refractivity contribution in [2.24, 2.45) is 0 Å². The van der Waals surface area contributed by atoms with Crippen molar-refractivity contribution in [1.29, 1.82) is 0 Å². The van der Waals surface area contributed by atoms with Crippen LogP contribution in [0.3, 0.4) is 0 Å². The van der Waals surface area contributed by atoms with Crippen LogP contribution in [0.4, 0.5) is 4.39 Å². The average Bonchev–Trinajstić information content (AvgIpc) is 2.19. The summed E-state index contributed by atoms with van der Waals surface area (Å²) in [4.78, 5) is 10.0. The minimum Gasteiger partial charge on any atom is -0.479 e. The van der Waals surface area contributed by atoms with Gasteiger partial charge in [-0.05, 0) is 12.1 Å². The predicted molar refractivity (Wildman–Crippen MR) is 50.9 cm³/mol. The maximum atomic E-state index is 12.7. The molecule has 0 radical (unpaired) electrons. The second kappa shape index (κ2) is 6.88. The van der Waals surface area contributed by atoms with E-state index < -0.39 is 18.4 Å². The van der Waals surface area contributed by atoms with E-state index in [1.54, 1.807) is 6.07 Å². The van der Waals surface area contributed by atoms with Gasteiger partial charge in [0.1, 0.15) is 0 Å². The monoisotopic (exact) mass is 200 g/mol. The van der Waals surface area contributed by atoms with E-state index in [0.29, 0.717) is 0 Å². The van der Waals surface area contributed by atoms with Gasteiger partial charge in [-0.25, -0.2) is 9.18 Å². The van der Waals surface area contributed by atoms with Crippen molar-refractivity contribution in [1.82, 2.24) is 0 Å². The molecule has 4 heteroatoms. The van der Waals surface area contributed by atoms with Gasteiger partial charge in [-0.3, -0.25) is 0 Å². The van der Waals surface area contributed by atoms with Gasteiger partial charge in [0, 0.05) is 0 Å². The Kier molecular flexibility index (Phi) is 6.11. The third-order valence-corrected chi connectivity index (χ3v) is 1.19. The van der Waals surface area contributed by atoms with Gasteiger partial charge in [-0.15, -0.1) is 0 Å². The SMILES string of the molecule is CC.O=C(O)COc1ccccc1F. The Morgan fingerprint density at radius 1 is 1.43 bits per heavy atom. The molecule has 14 heavy (non-hydrogen) atoms. The fourth-order valence-corrected chi connectivity index (χ4v) is 0.701. The van der Waals surface area contributed by atoms with Crippen LogP contribution in [0.15, 0.2) is 24.3 Å². The standard InChI is InChI=1S/C8H7FO3.C2H6/c9-6-3-1-2-4-7(6)12-5-8(10)11;1-2/h1-4H,5H2,(H,10,11);1-2H3. The van der Waals surface area contributed by atoms with Crippen LogP contribution < -0.4 is 4.74 Å². The number of halogens is 1. The van der Waals surface area contributed by atoms with E-state index in [2.05, 4.69) is 4.74 Å². The van der Waals surface area contributed by atoms with Crippen molar-refractivity contribution in [2.75, 3.05) is 6.61 Å². The van der Waals surface area contributed by atoms with Crippen LogP contribution in [-0.2, 0) is 4.79 Å². The van der Waals surface area contributed by atoms with Crippen molar-refractivity contribution in [3.63, 3.8) is 0 Å². The molecule has 0 aliphatic heterocycles. The number of aliphatic carboxylic acids is 1. The first-order valence-electron chi connectivity index (χ1n) is 4.29. The molecule has 0 heterocycles. The molecule has 0 spiro atoms. The normalized spacial score (nSPS) is 8.50. The zero-order valence-electron chi connectivity index (χ0n) is 8.16. The van der Waals surface area contributed by atoms with Crippen LogP contribution in [0.25, 0.3) is 0 Å². The number of hydrogen-bond acceptors (Lipinski definition) is 2. The molecule has 0 fully saturated rings. The van der Waals surface area contributed by atoms with Gasteiger partial charge in [0.2, 0.25) is 0 Å². The van der Waals surface area contributed by atoms with Crippen molar-refractivity contribution in [3.05, 3.63) is 30.1 Å². The molecule has 0 amide bonds. The first-order valence-corrected chi connectivity index (χ1v) is 4.29. The second-order valence-electron chi connectivity index (χ2n) is 2.11. The summed E-state index contributed by atoms with van der Waals surface area (Å²) in [5, 5.41) is 8.22. The molecule has 1 aromatic carbocycles. The molecule has 0 aliphatic rings. The van der Waals surface area contributed by atoms with E-state index in [0.717, 1.165) is 0 Å². The number of carboxylic acid groups (broad SMARTS) is 1. The number of para-hydroxylation sites is 1. The molecule has 1 rings (SSSR count). The van der Waals surface area contributed by atoms with Crippen molar-refractivity contribution in [2.45, 2.75) is 13.8 Å². The minimum atomic E-state index is -1.13. The first-order chi connectivity index (χ1) is 6.70. The van der Waals surface area contributed by atoms with Gasteiger partial charge in [0.15, 0.2) is 18.2 Å². The highest BCUT2D eigenvalue weighted by atomic mass is 19.1. The summed E-state index contributed by atoms with van der Waals surface area (Å²) in [5.74, 6) is -1.73. The Bertz CT molecular complexity index is 286. The molecule has 0 unspecified atom stereocenters. The van der Waals surface area contributed by atoms with E-state index in [9.17, 15) is 9.18 Å². The summed E-state index contributed by atoms with van der Waals surface area (Å²) in [5.41, 5.74) is 0. The molecule has 78 valence electrons. The number of rotatable bonds is 3. The van der Waals surface area contributed by atoms with Gasteiger partial charge in [0.25, 0.3) is 0 Å². The zero-order valence-corrected chi connectivity index (χ0v) is 8.16. The van der Waals surface area contributed by atoms with Crippen LogP contribution in [0.1, 0.15) is 13.8 Å². The van der Waals surface area contributed by atoms with Gasteiger partial charge in [-0.1, -0.05) is 26.0 Å². The van der Waals surface area contributed by atoms with Crippen molar-refractivity contribution < 1.29 is 19.0 Å². The highest BCUT2D eigenvalue weighted by molar-refractivity contribution is 5.68. The lowest BCUT2D eigenvalue weighted by molar-refractivity contribution is -0.139. The molecule has 0 aromatic heterocycles. The number of carboxylic acids is 1. The maximum Gasteiger partial charge on any atom is 0.341 e. The maximum absolute atomic E-state index is 12.7. The Labute approximate surface area is 82.1 Å². The summed E-state index contributed by atoms with van der Waals surface area (Å²) >= 11 is 0. The molecule has 1 N–H and O–H groups in total. The van der Waals surface area contributed by atoms with E-state index in [-0.39, 0.29) is 5.75 Å². The third-order valence-electron chi connectivity index (χ3n) is 1.19. The highest BCUT2D eigenvalue weighted by Crippen LogP contribution is 2.14. The van der Waals surface area contributed by atoms with E-state index in [1.807, 2.05) is 13.8 Å². The second-order valence-corrected chi connectivity index (χ2v) is 2.11. The smallest absolute Gasteiger partial charge is 0.341 e. The molecule has 1 aromatic rings. The average molecular weight is 200 g/mol. The number of ether oxygens (including phenoxy) is 1. The fraction of sp³-hybridized carbons (Fsp3) is 0.300. The summed E-state index contributed by atoms with van der Waals surface area (Å²) in [6, 6.07) is 5.65. The predicted octanol–water partition coefficient (Wildman–Crippen LogP) is 2.32. The topological polar surface area (TPSA) is 46.5 Å². The van der Waals surface area contributed by atoms with Gasteiger partial charge >= 0.3 is 5.97 Å². The molecule has 0 bridgehead atoms. The summed E-state index contributed by atoms with van der Waals surface area (Å²) in [7, 11) is 0. The lowest BCUT2D eigenvalue weighted by Crippen LogP contribution is -2.10. The summed E-state index contributed by atoms with van der Waals surface area (Å²) < 4.78 is 17.3. The first kappa shape index (κ1) is 12.4. The third kappa shape index (κ3) is 4.45. The highest BCUT2D eigenvalue weighted by Gasteiger charge is 2.03. The summed E-state index contributed by atoms with van der Waals surface area (Å²) in [6.45, 7) is 3.47. The molecule has 0 atom stereocenters. The van der Waals surface area contributed by atoms with E-state index in [1.165, 1.54) is 18.2 Å². The molecular weight excluding hydrogens is 187 g/mol. The number of benzene rings is 1. The molecule has 0 saturated heterocycles. The number of hydrogen-bond donors (Lipinski definition) is 1. The van der Waals surface area contributed by atoms with Gasteiger partial charge in [-0.2, -0.15) is 0 Å².